The molecule has 0 aliphatic heterocycles. The molecule has 5 nitrogen and oxygen atoms in total. The van der Waals surface area contributed by atoms with E-state index in [0.29, 0.717) is 18.7 Å². The molecule has 1 amide bonds. The Morgan fingerprint density at radius 2 is 2.32 bits per heavy atom. The Balaban J connectivity index is 1.72. The summed E-state index contributed by atoms with van der Waals surface area (Å²) in [5.74, 6) is -0.712. The first kappa shape index (κ1) is 16.0. The molecule has 2 rings (SSSR count). The summed E-state index contributed by atoms with van der Waals surface area (Å²) >= 11 is 5.56. The number of imidazole rings is 1. The average Bonchev–Trinajstić information content (AvgIpc) is 3.00. The zero-order valence-corrected chi connectivity index (χ0v) is 12.5. The molecule has 0 saturated heterocycles. The van der Waals surface area contributed by atoms with Crippen molar-refractivity contribution in [3.05, 3.63) is 60.0 Å². The Morgan fingerprint density at radius 1 is 1.50 bits per heavy atom. The van der Waals surface area contributed by atoms with E-state index < -0.39 is 5.82 Å². The fourth-order valence-corrected chi connectivity index (χ4v) is 1.81. The van der Waals surface area contributed by atoms with E-state index in [2.05, 4.69) is 16.9 Å². The van der Waals surface area contributed by atoms with Gasteiger partial charge in [-0.2, -0.15) is 0 Å². The number of allylic oxidation sites excluding steroid dienone is 1. The fraction of sp³-hybridized carbons (Fsp3) is 0.200. The van der Waals surface area contributed by atoms with Crippen LogP contribution in [0.15, 0.2) is 49.2 Å². The van der Waals surface area contributed by atoms with Crippen molar-refractivity contribution in [2.24, 2.45) is 0 Å². The van der Waals surface area contributed by atoms with Gasteiger partial charge in [0.25, 0.3) is 5.91 Å². The van der Waals surface area contributed by atoms with Gasteiger partial charge in [-0.3, -0.25) is 4.79 Å². The number of benzene rings is 1. The molecule has 0 atom stereocenters. The molecular formula is C15H15ClFN3O2. The van der Waals surface area contributed by atoms with Gasteiger partial charge >= 0.3 is 0 Å². The maximum atomic E-state index is 13.2. The number of rotatable bonds is 7. The summed E-state index contributed by atoms with van der Waals surface area (Å²) in [6, 6.07) is 3.99. The van der Waals surface area contributed by atoms with Crippen molar-refractivity contribution >= 4 is 17.5 Å². The number of carbonyl (C=O) groups is 1. The van der Waals surface area contributed by atoms with Crippen LogP contribution in [0.4, 0.5) is 4.39 Å². The Morgan fingerprint density at radius 3 is 3.00 bits per heavy atom. The molecule has 1 aromatic carbocycles. The second kappa shape index (κ2) is 7.61. The molecule has 0 spiro atoms. The minimum atomic E-state index is -0.593. The van der Waals surface area contributed by atoms with E-state index in [1.54, 1.807) is 12.5 Å². The second-order valence-corrected chi connectivity index (χ2v) is 4.97. The Bertz CT molecular complexity index is 659. The van der Waals surface area contributed by atoms with Gasteiger partial charge < -0.3 is 14.6 Å². The molecule has 0 radical (unpaired) electrons. The number of nitrogens with zero attached hydrogens (tertiary/aromatic N) is 2. The molecule has 1 heterocycles. The molecule has 7 heteroatoms. The predicted molar refractivity (Wildman–Crippen MR) is 81.0 cm³/mol. The lowest BCUT2D eigenvalue weighted by Crippen LogP contribution is -2.28. The van der Waals surface area contributed by atoms with E-state index in [0.717, 1.165) is 6.07 Å². The van der Waals surface area contributed by atoms with Gasteiger partial charge in [0.15, 0.2) is 6.61 Å². The quantitative estimate of drug-likeness (QED) is 0.852. The minimum absolute atomic E-state index is 0.00433. The summed E-state index contributed by atoms with van der Waals surface area (Å²) in [5, 5.41) is 2.63. The van der Waals surface area contributed by atoms with Crippen LogP contribution >= 0.6 is 11.6 Å². The van der Waals surface area contributed by atoms with Crippen LogP contribution in [0.5, 0.6) is 5.75 Å². The number of nitrogens with one attached hydrogen (secondary N) is 1. The van der Waals surface area contributed by atoms with E-state index in [4.69, 9.17) is 16.3 Å². The van der Waals surface area contributed by atoms with Gasteiger partial charge in [-0.15, -0.1) is 0 Å². The molecule has 22 heavy (non-hydrogen) atoms. The lowest BCUT2D eigenvalue weighted by Gasteiger charge is -2.10. The van der Waals surface area contributed by atoms with E-state index >= 15 is 0 Å². The Hall–Kier alpha value is -2.34. The number of hydrogen-bond acceptors (Lipinski definition) is 3. The highest BCUT2D eigenvalue weighted by atomic mass is 35.5. The van der Waals surface area contributed by atoms with E-state index in [1.165, 1.54) is 12.1 Å². The van der Waals surface area contributed by atoms with E-state index in [1.807, 2.05) is 10.8 Å². The lowest BCUT2D eigenvalue weighted by atomic mass is 10.3. The zero-order valence-electron chi connectivity index (χ0n) is 11.8. The first-order valence-electron chi connectivity index (χ1n) is 6.56. The van der Waals surface area contributed by atoms with Gasteiger partial charge in [0, 0.05) is 37.1 Å². The van der Waals surface area contributed by atoms with Crippen LogP contribution in [0, 0.1) is 5.82 Å². The molecule has 0 aliphatic carbocycles. The number of hydrogen-bond donors (Lipinski definition) is 1. The summed E-state index contributed by atoms with van der Waals surface area (Å²) in [4.78, 5) is 15.6. The number of aromatic nitrogens is 2. The van der Waals surface area contributed by atoms with E-state index in [9.17, 15) is 9.18 Å². The van der Waals surface area contributed by atoms with Crippen molar-refractivity contribution in [1.29, 1.82) is 0 Å². The summed E-state index contributed by atoms with van der Waals surface area (Å²) in [5.41, 5.74) is 0.574. The Kier molecular flexibility index (Phi) is 5.55. The van der Waals surface area contributed by atoms with Crippen LogP contribution in [0.25, 0.3) is 0 Å². The van der Waals surface area contributed by atoms with Crippen molar-refractivity contribution in [3.8, 4) is 5.75 Å². The zero-order chi connectivity index (χ0) is 15.9. The van der Waals surface area contributed by atoms with Gasteiger partial charge in [-0.1, -0.05) is 18.2 Å². The number of amides is 1. The second-order valence-electron chi connectivity index (χ2n) is 4.57. The number of carbonyl (C=O) groups excluding carboxylic acids is 1. The third kappa shape index (κ3) is 4.89. The van der Waals surface area contributed by atoms with Crippen molar-refractivity contribution in [3.63, 3.8) is 0 Å². The minimum Gasteiger partial charge on any atom is -0.484 e. The molecule has 116 valence electrons. The van der Waals surface area contributed by atoms with E-state index in [-0.39, 0.29) is 23.3 Å². The first-order valence-corrected chi connectivity index (χ1v) is 6.93. The molecule has 0 bridgehead atoms. The van der Waals surface area contributed by atoms with Crippen LogP contribution in [-0.4, -0.2) is 22.1 Å². The lowest BCUT2D eigenvalue weighted by molar-refractivity contribution is -0.122. The number of aryl methyl sites for hydroxylation is 1. The normalized spacial score (nSPS) is 10.3. The molecule has 0 fully saturated rings. The maximum absolute atomic E-state index is 13.2. The van der Waals surface area contributed by atoms with Gasteiger partial charge in [0.05, 0.1) is 11.3 Å². The predicted octanol–water partition coefficient (Wildman–Crippen LogP) is 2.77. The largest absolute Gasteiger partial charge is 0.484 e. The third-order valence-corrected chi connectivity index (χ3v) is 3.11. The SMILES string of the molecule is C=C(CCn1ccnc1)NC(=O)COc1ccc(Cl)c(F)c1. The van der Waals surface area contributed by atoms with Gasteiger partial charge in [0.2, 0.25) is 0 Å². The van der Waals surface area contributed by atoms with Gasteiger partial charge in [-0.05, 0) is 12.1 Å². The van der Waals surface area contributed by atoms with Crippen LogP contribution in [0.3, 0.4) is 0 Å². The summed E-state index contributed by atoms with van der Waals surface area (Å²) in [6.45, 7) is 4.21. The van der Waals surface area contributed by atoms with Crippen molar-refractivity contribution in [2.45, 2.75) is 13.0 Å². The van der Waals surface area contributed by atoms with Crippen molar-refractivity contribution in [2.75, 3.05) is 6.61 Å². The molecule has 0 saturated carbocycles. The highest BCUT2D eigenvalue weighted by molar-refractivity contribution is 6.30. The maximum Gasteiger partial charge on any atom is 0.262 e. The van der Waals surface area contributed by atoms with Crippen LogP contribution in [0.2, 0.25) is 5.02 Å². The monoisotopic (exact) mass is 323 g/mol. The average molecular weight is 324 g/mol. The van der Waals surface area contributed by atoms with Crippen LogP contribution in [0.1, 0.15) is 6.42 Å². The number of ether oxygens (including phenoxy) is 1. The standard InChI is InChI=1S/C15H15ClFN3O2/c1-11(4-6-20-7-5-18-10-20)19-15(21)9-22-12-2-3-13(16)14(17)8-12/h2-3,5,7-8,10H,1,4,6,9H2,(H,19,21). The van der Waals surface area contributed by atoms with Crippen molar-refractivity contribution < 1.29 is 13.9 Å². The van der Waals surface area contributed by atoms with Crippen LogP contribution in [-0.2, 0) is 11.3 Å². The highest BCUT2D eigenvalue weighted by Crippen LogP contribution is 2.20. The molecule has 1 aromatic heterocycles. The van der Waals surface area contributed by atoms with Crippen LogP contribution < -0.4 is 10.1 Å². The van der Waals surface area contributed by atoms with Crippen molar-refractivity contribution in [1.82, 2.24) is 14.9 Å². The Labute approximate surface area is 132 Å². The summed E-state index contributed by atoms with van der Waals surface area (Å²) < 4.78 is 20.3. The summed E-state index contributed by atoms with van der Waals surface area (Å²) in [6.07, 6.45) is 5.78. The van der Waals surface area contributed by atoms with Gasteiger partial charge in [-0.25, -0.2) is 9.37 Å². The highest BCUT2D eigenvalue weighted by Gasteiger charge is 2.07. The molecule has 1 N–H and O–H groups in total. The molecule has 0 unspecified atom stereocenters. The third-order valence-electron chi connectivity index (χ3n) is 2.81. The molecular weight excluding hydrogens is 309 g/mol. The van der Waals surface area contributed by atoms with Gasteiger partial charge in [0.1, 0.15) is 11.6 Å². The smallest absolute Gasteiger partial charge is 0.262 e. The topological polar surface area (TPSA) is 56.2 Å². The summed E-state index contributed by atoms with van der Waals surface area (Å²) in [7, 11) is 0. The molecule has 2 aromatic rings. The first-order chi connectivity index (χ1) is 10.5. The molecule has 0 aliphatic rings. The number of halogens is 2. The fourth-order valence-electron chi connectivity index (χ4n) is 1.69.